The quantitative estimate of drug-likeness (QED) is 0.749. The predicted octanol–water partition coefficient (Wildman–Crippen LogP) is 0.251. The van der Waals surface area contributed by atoms with Gasteiger partial charge in [-0.2, -0.15) is 5.10 Å². The van der Waals surface area contributed by atoms with E-state index in [9.17, 15) is 4.79 Å². The van der Waals surface area contributed by atoms with E-state index in [4.69, 9.17) is 10.8 Å². The minimum Gasteiger partial charge on any atom is -0.476 e. The zero-order valence-corrected chi connectivity index (χ0v) is 8.45. The molecular formula is C9H9N5O2. The Morgan fingerprint density at radius 1 is 1.50 bits per heavy atom. The number of anilines is 1. The maximum atomic E-state index is 10.7. The number of nitrogen functional groups attached to an aromatic ring is 1. The lowest BCUT2D eigenvalue weighted by Crippen LogP contribution is -2.04. The van der Waals surface area contributed by atoms with Crippen LogP contribution in [-0.2, 0) is 0 Å². The molecule has 0 unspecified atom stereocenters. The highest BCUT2D eigenvalue weighted by molar-refractivity contribution is 5.91. The first-order chi connectivity index (χ1) is 7.58. The molecule has 2 heterocycles. The van der Waals surface area contributed by atoms with E-state index in [-0.39, 0.29) is 11.4 Å². The fraction of sp³-hybridized carbons (Fsp3) is 0.111. The smallest absolute Gasteiger partial charge is 0.358 e. The zero-order chi connectivity index (χ0) is 11.7. The van der Waals surface area contributed by atoms with Gasteiger partial charge in [-0.25, -0.2) is 19.4 Å². The lowest BCUT2D eigenvalue weighted by Gasteiger charge is -1.99. The number of nitrogens with two attached hydrogens (primary N) is 1. The van der Waals surface area contributed by atoms with Gasteiger partial charge in [0.05, 0.1) is 11.9 Å². The number of aryl methyl sites for hydroxylation is 1. The molecule has 0 bridgehead atoms. The average molecular weight is 219 g/mol. The second-order valence-electron chi connectivity index (χ2n) is 3.20. The molecule has 0 aromatic carbocycles. The summed E-state index contributed by atoms with van der Waals surface area (Å²) in [5, 5.41) is 12.6. The first-order valence-corrected chi connectivity index (χ1v) is 4.45. The fourth-order valence-electron chi connectivity index (χ4n) is 1.24. The molecule has 0 saturated carbocycles. The Kier molecular flexibility index (Phi) is 2.28. The highest BCUT2D eigenvalue weighted by Gasteiger charge is 2.14. The minimum absolute atomic E-state index is 0.101. The Hall–Kier alpha value is -2.44. The number of carbonyl (C=O) groups is 1. The van der Waals surface area contributed by atoms with E-state index >= 15 is 0 Å². The molecule has 16 heavy (non-hydrogen) atoms. The van der Waals surface area contributed by atoms with Gasteiger partial charge >= 0.3 is 5.97 Å². The number of hydrogen-bond donors (Lipinski definition) is 2. The van der Waals surface area contributed by atoms with E-state index in [1.165, 1.54) is 17.2 Å². The van der Waals surface area contributed by atoms with E-state index in [0.29, 0.717) is 5.82 Å². The molecule has 0 amide bonds. The topological polar surface area (TPSA) is 107 Å². The largest absolute Gasteiger partial charge is 0.476 e. The third kappa shape index (κ3) is 1.70. The molecule has 0 aliphatic heterocycles. The van der Waals surface area contributed by atoms with Gasteiger partial charge in [0.25, 0.3) is 0 Å². The summed E-state index contributed by atoms with van der Waals surface area (Å²) >= 11 is 0. The molecule has 0 saturated heterocycles. The van der Waals surface area contributed by atoms with Crippen LogP contribution in [0.2, 0.25) is 0 Å². The Balaban J connectivity index is 2.49. The number of carboxylic acid groups (broad SMARTS) is 1. The second-order valence-corrected chi connectivity index (χ2v) is 3.20. The van der Waals surface area contributed by atoms with Crippen molar-refractivity contribution in [2.24, 2.45) is 0 Å². The van der Waals surface area contributed by atoms with Crippen molar-refractivity contribution < 1.29 is 9.90 Å². The normalized spacial score (nSPS) is 10.3. The molecule has 0 atom stereocenters. The molecule has 7 nitrogen and oxygen atoms in total. The maximum absolute atomic E-state index is 10.7. The summed E-state index contributed by atoms with van der Waals surface area (Å²) in [6.07, 6.45) is 2.79. The highest BCUT2D eigenvalue weighted by atomic mass is 16.4. The van der Waals surface area contributed by atoms with Crippen molar-refractivity contribution in [3.05, 3.63) is 30.0 Å². The Labute approximate surface area is 90.6 Å². The van der Waals surface area contributed by atoms with Gasteiger partial charge in [0.1, 0.15) is 6.33 Å². The van der Waals surface area contributed by atoms with Gasteiger partial charge in [-0.3, -0.25) is 0 Å². The van der Waals surface area contributed by atoms with Crippen molar-refractivity contribution in [2.45, 2.75) is 6.92 Å². The Morgan fingerprint density at radius 3 is 2.81 bits per heavy atom. The monoisotopic (exact) mass is 219 g/mol. The number of rotatable bonds is 2. The lowest BCUT2D eigenvalue weighted by atomic mass is 10.4. The van der Waals surface area contributed by atoms with Gasteiger partial charge in [0.2, 0.25) is 0 Å². The van der Waals surface area contributed by atoms with Gasteiger partial charge in [0, 0.05) is 11.8 Å². The fourth-order valence-corrected chi connectivity index (χ4v) is 1.24. The van der Waals surface area contributed by atoms with Crippen LogP contribution in [0, 0.1) is 6.92 Å². The van der Waals surface area contributed by atoms with Gasteiger partial charge in [-0.05, 0) is 6.92 Å². The van der Waals surface area contributed by atoms with Gasteiger partial charge < -0.3 is 10.8 Å². The van der Waals surface area contributed by atoms with Crippen LogP contribution in [0.25, 0.3) is 5.82 Å². The first kappa shape index (κ1) is 10.1. The van der Waals surface area contributed by atoms with E-state index in [1.807, 2.05) is 0 Å². The van der Waals surface area contributed by atoms with Gasteiger partial charge in [-0.15, -0.1) is 0 Å². The van der Waals surface area contributed by atoms with E-state index < -0.39 is 5.97 Å². The maximum Gasteiger partial charge on any atom is 0.358 e. The van der Waals surface area contributed by atoms with Crippen LogP contribution in [0.4, 0.5) is 5.69 Å². The molecule has 2 aromatic heterocycles. The zero-order valence-electron chi connectivity index (χ0n) is 8.45. The number of hydrogen-bond acceptors (Lipinski definition) is 5. The molecule has 0 fully saturated rings. The second kappa shape index (κ2) is 3.61. The van der Waals surface area contributed by atoms with E-state index in [2.05, 4.69) is 15.1 Å². The molecule has 0 spiro atoms. The van der Waals surface area contributed by atoms with Crippen molar-refractivity contribution in [1.29, 1.82) is 0 Å². The Morgan fingerprint density at radius 2 is 2.25 bits per heavy atom. The first-order valence-electron chi connectivity index (χ1n) is 4.45. The number of nitrogens with zero attached hydrogens (tertiary/aromatic N) is 4. The molecule has 0 aliphatic rings. The van der Waals surface area contributed by atoms with Crippen molar-refractivity contribution in [2.75, 3.05) is 5.73 Å². The summed E-state index contributed by atoms with van der Waals surface area (Å²) < 4.78 is 1.31. The Bertz CT molecular complexity index is 549. The van der Waals surface area contributed by atoms with Crippen LogP contribution in [0.15, 0.2) is 18.6 Å². The SMILES string of the molecule is Cc1cc(-n2cc(N)c(C(=O)O)n2)ncn1. The molecule has 3 N–H and O–H groups in total. The van der Waals surface area contributed by atoms with Crippen LogP contribution >= 0.6 is 0 Å². The van der Waals surface area contributed by atoms with Crippen molar-refractivity contribution >= 4 is 11.7 Å². The lowest BCUT2D eigenvalue weighted by molar-refractivity contribution is 0.0691. The van der Waals surface area contributed by atoms with Crippen molar-refractivity contribution in [1.82, 2.24) is 19.7 Å². The minimum atomic E-state index is -1.16. The standard InChI is InChI=1S/C9H9N5O2/c1-5-2-7(12-4-11-5)14-3-6(10)8(13-14)9(15)16/h2-4H,10H2,1H3,(H,15,16). The third-order valence-corrected chi connectivity index (χ3v) is 1.97. The molecule has 2 rings (SSSR count). The van der Waals surface area contributed by atoms with Crippen LogP contribution in [0.3, 0.4) is 0 Å². The van der Waals surface area contributed by atoms with Crippen molar-refractivity contribution in [3.63, 3.8) is 0 Å². The summed E-state index contributed by atoms with van der Waals surface area (Å²) in [5.74, 6) is -0.686. The summed E-state index contributed by atoms with van der Waals surface area (Å²) in [6, 6.07) is 1.68. The van der Waals surface area contributed by atoms with E-state index in [0.717, 1.165) is 5.69 Å². The molecule has 2 aromatic rings. The number of aromatic nitrogens is 4. The number of carboxylic acids is 1. The molecule has 82 valence electrons. The van der Waals surface area contributed by atoms with Gasteiger partial charge in [-0.1, -0.05) is 0 Å². The average Bonchev–Trinajstić information content (AvgIpc) is 2.60. The number of aromatic carboxylic acids is 1. The highest BCUT2D eigenvalue weighted by Crippen LogP contribution is 2.12. The summed E-state index contributed by atoms with van der Waals surface area (Å²) in [4.78, 5) is 18.6. The summed E-state index contributed by atoms with van der Waals surface area (Å²) in [6.45, 7) is 1.80. The molecular weight excluding hydrogens is 210 g/mol. The predicted molar refractivity (Wildman–Crippen MR) is 55.3 cm³/mol. The van der Waals surface area contributed by atoms with E-state index in [1.54, 1.807) is 13.0 Å². The molecule has 0 radical (unpaired) electrons. The van der Waals surface area contributed by atoms with Crippen molar-refractivity contribution in [3.8, 4) is 5.82 Å². The van der Waals surface area contributed by atoms with Crippen LogP contribution in [0.5, 0.6) is 0 Å². The van der Waals surface area contributed by atoms with Crippen LogP contribution in [0.1, 0.15) is 16.2 Å². The van der Waals surface area contributed by atoms with Crippen LogP contribution < -0.4 is 5.73 Å². The molecule has 0 aliphatic carbocycles. The van der Waals surface area contributed by atoms with Gasteiger partial charge in [0.15, 0.2) is 11.5 Å². The summed E-state index contributed by atoms with van der Waals surface area (Å²) in [5.41, 5.74) is 6.19. The summed E-state index contributed by atoms with van der Waals surface area (Å²) in [7, 11) is 0. The molecule has 7 heteroatoms. The van der Waals surface area contributed by atoms with Crippen LogP contribution in [-0.4, -0.2) is 30.8 Å². The third-order valence-electron chi connectivity index (χ3n) is 1.97.